The summed E-state index contributed by atoms with van der Waals surface area (Å²) in [5.41, 5.74) is 1.26. The predicted molar refractivity (Wildman–Crippen MR) is 61.1 cm³/mol. The second-order valence-corrected chi connectivity index (χ2v) is 3.07. The largest absolute Gasteiger partial charge is 0.286 e. The molecule has 2 aromatic rings. The molecule has 0 bridgehead atoms. The van der Waals surface area contributed by atoms with Crippen LogP contribution in [-0.2, 0) is 0 Å². The van der Waals surface area contributed by atoms with Crippen molar-refractivity contribution in [1.29, 1.82) is 0 Å². The van der Waals surface area contributed by atoms with Gasteiger partial charge in [-0.15, -0.1) is 0 Å². The molecule has 0 unspecified atom stereocenters. The predicted octanol–water partition coefficient (Wildman–Crippen LogP) is 2.48. The van der Waals surface area contributed by atoms with E-state index in [-0.39, 0.29) is 5.91 Å². The summed E-state index contributed by atoms with van der Waals surface area (Å²) in [6.45, 7) is 0. The normalized spacial score (nSPS) is 9.60. The number of benzene rings is 1. The second-order valence-electron chi connectivity index (χ2n) is 2.88. The van der Waals surface area contributed by atoms with Gasteiger partial charge in [0.1, 0.15) is 0 Å². The number of carbonyl (C=O) groups excluding carboxylic acids is 1. The van der Waals surface area contributed by atoms with Gasteiger partial charge in [0.2, 0.25) is 0 Å². The highest BCUT2D eigenvalue weighted by Gasteiger charge is 2.07. The molecule has 0 saturated heterocycles. The Hall–Kier alpha value is -1.90. The number of hydrogen-bond donors (Lipinski definition) is 0. The highest BCUT2D eigenvalue weighted by molar-refractivity contribution is 7.78. The van der Waals surface area contributed by atoms with Gasteiger partial charge in [0.05, 0.1) is 16.2 Å². The van der Waals surface area contributed by atoms with Crippen LogP contribution in [0.25, 0.3) is 10.9 Å². The van der Waals surface area contributed by atoms with Gasteiger partial charge in [-0.3, -0.25) is 9.78 Å². The summed E-state index contributed by atoms with van der Waals surface area (Å²) < 4.78 is 0. The van der Waals surface area contributed by atoms with E-state index < -0.39 is 0 Å². The van der Waals surface area contributed by atoms with Crippen LogP contribution >= 0.6 is 12.2 Å². The lowest BCUT2D eigenvalue weighted by molar-refractivity contribution is 0.101. The van der Waals surface area contributed by atoms with E-state index in [2.05, 4.69) is 27.4 Å². The van der Waals surface area contributed by atoms with E-state index in [0.717, 1.165) is 10.9 Å². The minimum atomic E-state index is -0.386. The molecule has 0 spiro atoms. The zero-order valence-corrected chi connectivity index (χ0v) is 8.49. The third kappa shape index (κ3) is 1.81. The number of carbonyl (C=O) groups is 1. The monoisotopic (exact) mass is 214 g/mol. The Balaban J connectivity index is 2.71. The first-order valence-corrected chi connectivity index (χ1v) is 4.69. The number of amides is 1. The van der Waals surface area contributed by atoms with Crippen LogP contribution in [0.1, 0.15) is 10.4 Å². The standard InChI is InChI=1S/C11H6N2OS/c14-11(13-7-15)9-5-6-12-10-4-2-1-3-8(9)10/h1-6H. The van der Waals surface area contributed by atoms with E-state index in [9.17, 15) is 4.79 Å². The van der Waals surface area contributed by atoms with Gasteiger partial charge >= 0.3 is 0 Å². The first-order valence-electron chi connectivity index (χ1n) is 4.29. The molecule has 3 nitrogen and oxygen atoms in total. The zero-order chi connectivity index (χ0) is 10.7. The lowest BCUT2D eigenvalue weighted by Crippen LogP contribution is -1.96. The number of hydrogen-bond acceptors (Lipinski definition) is 3. The molecule has 72 valence electrons. The summed E-state index contributed by atoms with van der Waals surface area (Å²) in [6.07, 6.45) is 1.58. The zero-order valence-electron chi connectivity index (χ0n) is 7.68. The second kappa shape index (κ2) is 4.09. The van der Waals surface area contributed by atoms with E-state index in [1.165, 1.54) is 0 Å². The maximum Gasteiger partial charge on any atom is 0.286 e. The van der Waals surface area contributed by atoms with Crippen LogP contribution in [0.3, 0.4) is 0 Å². The van der Waals surface area contributed by atoms with Crippen LogP contribution in [0.2, 0.25) is 0 Å². The number of aliphatic imine (C=N–C) groups is 1. The summed E-state index contributed by atoms with van der Waals surface area (Å²) in [7, 11) is 0. The first kappa shape index (κ1) is 9.65. The summed E-state index contributed by atoms with van der Waals surface area (Å²) in [6, 6.07) is 9.01. The van der Waals surface area contributed by atoms with Gasteiger partial charge in [-0.1, -0.05) is 18.2 Å². The van der Waals surface area contributed by atoms with Crippen LogP contribution < -0.4 is 0 Å². The first-order chi connectivity index (χ1) is 7.33. The number of fused-ring (bicyclic) bond motifs is 1. The molecule has 0 radical (unpaired) electrons. The summed E-state index contributed by atoms with van der Waals surface area (Å²) >= 11 is 4.40. The number of pyridine rings is 1. The SMILES string of the molecule is O=C(N=C=S)c1ccnc2ccccc12. The number of thiocarbonyl (C=S) groups is 1. The molecule has 0 N–H and O–H groups in total. The third-order valence-electron chi connectivity index (χ3n) is 2.03. The number of rotatable bonds is 1. The highest BCUT2D eigenvalue weighted by Crippen LogP contribution is 2.16. The molecule has 0 fully saturated rings. The van der Waals surface area contributed by atoms with Crippen LogP contribution in [0, 0.1) is 0 Å². The lowest BCUT2D eigenvalue weighted by atomic mass is 10.1. The summed E-state index contributed by atoms with van der Waals surface area (Å²) in [4.78, 5) is 19.1. The topological polar surface area (TPSA) is 42.3 Å². The van der Waals surface area contributed by atoms with Crippen molar-refractivity contribution in [2.45, 2.75) is 0 Å². The lowest BCUT2D eigenvalue weighted by Gasteiger charge is -2.00. The van der Waals surface area contributed by atoms with E-state index in [1.807, 2.05) is 24.3 Å². The molecule has 0 atom stereocenters. The van der Waals surface area contributed by atoms with Crippen molar-refractivity contribution in [2.75, 3.05) is 0 Å². The molecule has 2 rings (SSSR count). The number of para-hydroxylation sites is 1. The van der Waals surface area contributed by atoms with Crippen molar-refractivity contribution in [1.82, 2.24) is 4.98 Å². The van der Waals surface area contributed by atoms with Gasteiger partial charge in [0.25, 0.3) is 5.91 Å². The minimum absolute atomic E-state index is 0.386. The van der Waals surface area contributed by atoms with Crippen molar-refractivity contribution in [3.8, 4) is 0 Å². The maximum absolute atomic E-state index is 11.5. The molecule has 0 aliphatic carbocycles. The molecule has 0 saturated carbocycles. The smallest absolute Gasteiger partial charge is 0.266 e. The molecule has 1 aromatic carbocycles. The number of aromatic nitrogens is 1. The van der Waals surface area contributed by atoms with Gasteiger partial charge in [-0.25, -0.2) is 0 Å². The Morgan fingerprint density at radius 1 is 1.33 bits per heavy atom. The quantitative estimate of drug-likeness (QED) is 0.541. The molecule has 1 heterocycles. The fraction of sp³-hybridized carbons (Fsp3) is 0. The minimum Gasteiger partial charge on any atom is -0.266 e. The van der Waals surface area contributed by atoms with Crippen LogP contribution in [-0.4, -0.2) is 16.1 Å². The molecule has 1 aromatic heterocycles. The van der Waals surface area contributed by atoms with E-state index >= 15 is 0 Å². The highest BCUT2D eigenvalue weighted by atomic mass is 32.1. The number of isothiocyanates is 1. The summed E-state index contributed by atoms with van der Waals surface area (Å²) in [5, 5.41) is 2.85. The van der Waals surface area contributed by atoms with Crippen molar-refractivity contribution >= 4 is 34.2 Å². The third-order valence-corrected chi connectivity index (χ3v) is 2.12. The Bertz CT molecular complexity index is 568. The molecule has 0 aliphatic rings. The van der Waals surface area contributed by atoms with Crippen LogP contribution in [0.15, 0.2) is 41.5 Å². The maximum atomic E-state index is 11.5. The average molecular weight is 214 g/mol. The van der Waals surface area contributed by atoms with Gasteiger partial charge in [0, 0.05) is 11.6 Å². The van der Waals surface area contributed by atoms with Crippen LogP contribution in [0.4, 0.5) is 0 Å². The summed E-state index contributed by atoms with van der Waals surface area (Å²) in [5.74, 6) is -0.386. The Kier molecular flexibility index (Phi) is 2.63. The van der Waals surface area contributed by atoms with E-state index in [0.29, 0.717) is 5.56 Å². The van der Waals surface area contributed by atoms with Gasteiger partial charge in [-0.2, -0.15) is 4.99 Å². The van der Waals surface area contributed by atoms with E-state index in [4.69, 9.17) is 0 Å². The fourth-order valence-electron chi connectivity index (χ4n) is 1.38. The van der Waals surface area contributed by atoms with Crippen molar-refractivity contribution in [3.63, 3.8) is 0 Å². The Labute approximate surface area is 91.5 Å². The Morgan fingerprint density at radius 3 is 2.93 bits per heavy atom. The Morgan fingerprint density at radius 2 is 2.13 bits per heavy atom. The van der Waals surface area contributed by atoms with Crippen LogP contribution in [0.5, 0.6) is 0 Å². The molecule has 15 heavy (non-hydrogen) atoms. The average Bonchev–Trinajstić information content (AvgIpc) is 2.28. The molecule has 1 amide bonds. The number of nitrogens with zero attached hydrogens (tertiary/aromatic N) is 2. The molecular formula is C11H6N2OS. The van der Waals surface area contributed by atoms with Gasteiger partial charge in [-0.05, 0) is 24.4 Å². The fourth-order valence-corrected chi connectivity index (χ4v) is 1.47. The molecule has 0 aliphatic heterocycles. The van der Waals surface area contributed by atoms with Crippen molar-refractivity contribution in [3.05, 3.63) is 42.1 Å². The van der Waals surface area contributed by atoms with Gasteiger partial charge in [0.15, 0.2) is 0 Å². The molecular weight excluding hydrogens is 208 g/mol. The van der Waals surface area contributed by atoms with Crippen molar-refractivity contribution in [2.24, 2.45) is 4.99 Å². The van der Waals surface area contributed by atoms with Crippen molar-refractivity contribution < 1.29 is 4.79 Å². The molecule has 4 heteroatoms. The van der Waals surface area contributed by atoms with Gasteiger partial charge < -0.3 is 0 Å². The van der Waals surface area contributed by atoms with E-state index in [1.54, 1.807) is 12.3 Å².